The van der Waals surface area contributed by atoms with E-state index in [1.165, 1.54) is 51.4 Å². The largest absolute Gasteiger partial charge is 0.481 e. The molecule has 2 heterocycles. The molecule has 0 radical (unpaired) electrons. The molecule has 1 aromatic heterocycles. The van der Waals surface area contributed by atoms with Crippen molar-refractivity contribution in [3.05, 3.63) is 21.7 Å². The lowest BCUT2D eigenvalue weighted by molar-refractivity contribution is -0.157. The van der Waals surface area contributed by atoms with Crippen LogP contribution in [0.5, 0.6) is 0 Å². The van der Waals surface area contributed by atoms with Gasteiger partial charge in [-0.15, -0.1) is 11.3 Å². The Labute approximate surface area is 336 Å². The molecule has 1 saturated carbocycles. The lowest BCUT2D eigenvalue weighted by Crippen LogP contribution is -2.47. The Morgan fingerprint density at radius 1 is 0.927 bits per heavy atom. The van der Waals surface area contributed by atoms with E-state index >= 15 is 0 Å². The standard InChI is InChI=1S/C45H74N2O7S/c1-32(27-36-31-55-34(3)46-36)37-28-35-30-45(35,6)26-22-21-23-38(33(2)43(53)44(4,5)39(48)29-40(49)47-37)54-42(52)25-20-18-16-14-12-10-8-7-9-11-13-15-17-19-24-41(50)51/h27,31,33,35,37-39,48H,7-26,28-30H2,1-6H3,(H,47,49)(H,50,51)/b32-27+/t33-,35-,37+,38?,39+,45+/m1/s1. The molecule has 2 fully saturated rings. The summed E-state index contributed by atoms with van der Waals surface area (Å²) in [4.78, 5) is 55.7. The van der Waals surface area contributed by atoms with Gasteiger partial charge in [0, 0.05) is 18.2 Å². The minimum Gasteiger partial charge on any atom is -0.481 e. The second kappa shape index (κ2) is 23.6. The number of aromatic nitrogens is 1. The van der Waals surface area contributed by atoms with Gasteiger partial charge in [-0.2, -0.15) is 0 Å². The quantitative estimate of drug-likeness (QED) is 0.0876. The zero-order valence-corrected chi connectivity index (χ0v) is 35.9. The molecule has 0 bridgehead atoms. The highest BCUT2D eigenvalue weighted by Gasteiger charge is 2.50. The van der Waals surface area contributed by atoms with Crippen molar-refractivity contribution in [1.29, 1.82) is 0 Å². The number of nitrogens with one attached hydrogen (secondary N) is 1. The Morgan fingerprint density at radius 2 is 1.49 bits per heavy atom. The van der Waals surface area contributed by atoms with Crippen molar-refractivity contribution >= 4 is 41.0 Å². The van der Waals surface area contributed by atoms with Gasteiger partial charge in [0.2, 0.25) is 5.91 Å². The molecule has 3 N–H and O–H groups in total. The summed E-state index contributed by atoms with van der Waals surface area (Å²) in [5.74, 6) is -1.54. The Kier molecular flexibility index (Phi) is 20.1. The number of nitrogens with zero attached hydrogens (tertiary/aromatic N) is 1. The van der Waals surface area contributed by atoms with Gasteiger partial charge in [-0.25, -0.2) is 4.98 Å². The van der Waals surface area contributed by atoms with Gasteiger partial charge < -0.3 is 20.3 Å². The van der Waals surface area contributed by atoms with E-state index in [1.54, 1.807) is 25.2 Å². The third-order valence-electron chi connectivity index (χ3n) is 12.6. The van der Waals surface area contributed by atoms with Crippen molar-refractivity contribution in [2.45, 2.75) is 207 Å². The Morgan fingerprint density at radius 3 is 2.04 bits per heavy atom. The average molecular weight is 787 g/mol. The minimum absolute atomic E-state index is 0.176. The van der Waals surface area contributed by atoms with Gasteiger partial charge in [-0.05, 0) is 81.8 Å². The van der Waals surface area contributed by atoms with Crippen molar-refractivity contribution in [3.8, 4) is 0 Å². The summed E-state index contributed by atoms with van der Waals surface area (Å²) in [6.07, 6.45) is 21.8. The van der Waals surface area contributed by atoms with Crippen LogP contribution in [0.4, 0.5) is 0 Å². The topological polar surface area (TPSA) is 143 Å². The van der Waals surface area contributed by atoms with E-state index in [1.807, 2.05) is 32.2 Å². The van der Waals surface area contributed by atoms with Crippen LogP contribution in [0.3, 0.4) is 0 Å². The van der Waals surface area contributed by atoms with Gasteiger partial charge in [0.05, 0.1) is 40.6 Å². The normalized spacial score (nSPS) is 26.6. The molecule has 0 aromatic carbocycles. The number of ketones is 1. The Balaban J connectivity index is 1.45. The van der Waals surface area contributed by atoms with Gasteiger partial charge in [0.25, 0.3) is 0 Å². The number of aryl methyl sites for hydroxylation is 1. The van der Waals surface area contributed by atoms with Crippen molar-refractivity contribution in [3.63, 3.8) is 0 Å². The van der Waals surface area contributed by atoms with Crippen molar-refractivity contribution in [2.24, 2.45) is 22.7 Å². The van der Waals surface area contributed by atoms with Crippen LogP contribution in [0.25, 0.3) is 6.08 Å². The van der Waals surface area contributed by atoms with Crippen LogP contribution in [-0.4, -0.2) is 57.1 Å². The number of hydrogen-bond acceptors (Lipinski definition) is 8. The summed E-state index contributed by atoms with van der Waals surface area (Å²) in [5, 5.41) is 26.2. The van der Waals surface area contributed by atoms with E-state index in [9.17, 15) is 24.3 Å². The first-order chi connectivity index (χ1) is 26.1. The van der Waals surface area contributed by atoms with E-state index < -0.39 is 29.5 Å². The number of thiazole rings is 1. The summed E-state index contributed by atoms with van der Waals surface area (Å²) in [6, 6.07) is -0.176. The Bertz CT molecular complexity index is 1390. The number of ether oxygens (including phenoxy) is 1. The summed E-state index contributed by atoms with van der Waals surface area (Å²) in [7, 11) is 0. The molecule has 1 aromatic rings. The number of rotatable bonds is 20. The van der Waals surface area contributed by atoms with Crippen molar-refractivity contribution in [2.75, 3.05) is 0 Å². The fraction of sp³-hybridized carbons (Fsp3) is 0.800. The van der Waals surface area contributed by atoms with E-state index in [0.29, 0.717) is 18.8 Å². The van der Waals surface area contributed by atoms with E-state index in [4.69, 9.17) is 9.84 Å². The van der Waals surface area contributed by atoms with Gasteiger partial charge >= 0.3 is 11.9 Å². The van der Waals surface area contributed by atoms with Crippen LogP contribution in [-0.2, 0) is 23.9 Å². The molecule has 1 aliphatic heterocycles. The molecule has 1 amide bonds. The van der Waals surface area contributed by atoms with Crippen LogP contribution >= 0.6 is 11.3 Å². The number of carbonyl (C=O) groups excluding carboxylic acids is 3. The summed E-state index contributed by atoms with van der Waals surface area (Å²) < 4.78 is 6.06. The first-order valence-electron chi connectivity index (χ1n) is 21.7. The average Bonchev–Trinajstić information content (AvgIpc) is 3.57. The molecule has 10 heteroatoms. The minimum atomic E-state index is -1.20. The number of fused-ring (bicyclic) bond motifs is 1. The molecule has 2 aliphatic rings. The van der Waals surface area contributed by atoms with Gasteiger partial charge in [0.1, 0.15) is 11.9 Å². The molecular formula is C45H74N2O7S. The fourth-order valence-corrected chi connectivity index (χ4v) is 8.96. The molecule has 0 spiro atoms. The first kappa shape index (κ1) is 46.8. The zero-order valence-electron chi connectivity index (χ0n) is 35.1. The number of aliphatic hydroxyl groups excluding tert-OH is 1. The molecule has 6 atom stereocenters. The molecule has 3 rings (SSSR count). The Hall–Kier alpha value is -2.59. The fourth-order valence-electron chi connectivity index (χ4n) is 8.39. The smallest absolute Gasteiger partial charge is 0.306 e. The molecule has 312 valence electrons. The van der Waals surface area contributed by atoms with Crippen LogP contribution in [0.15, 0.2) is 11.0 Å². The number of aliphatic hydroxyl groups is 1. The number of carboxylic acid groups (broad SMARTS) is 1. The maximum absolute atomic E-state index is 14.0. The van der Waals surface area contributed by atoms with Crippen molar-refractivity contribution < 1.29 is 34.1 Å². The van der Waals surface area contributed by atoms with Gasteiger partial charge in [-0.1, -0.05) is 111 Å². The predicted molar refractivity (Wildman–Crippen MR) is 222 cm³/mol. The molecule has 1 unspecified atom stereocenters. The number of esters is 1. The lowest BCUT2D eigenvalue weighted by Gasteiger charge is -2.34. The number of aliphatic carboxylic acids is 1. The molecule has 9 nitrogen and oxygen atoms in total. The maximum Gasteiger partial charge on any atom is 0.306 e. The predicted octanol–water partition coefficient (Wildman–Crippen LogP) is 10.6. The number of carboxylic acids is 1. The second-order valence-corrected chi connectivity index (χ2v) is 18.9. The summed E-state index contributed by atoms with van der Waals surface area (Å²) in [5.41, 5.74) is 0.923. The number of amides is 1. The number of Topliss-reactive ketones (excluding diaryl/α,β-unsaturated/α-hetero) is 1. The van der Waals surface area contributed by atoms with Crippen LogP contribution < -0.4 is 5.32 Å². The number of unbranched alkanes of at least 4 members (excludes halogenated alkanes) is 13. The molecule has 1 saturated heterocycles. The third-order valence-corrected chi connectivity index (χ3v) is 13.4. The van der Waals surface area contributed by atoms with E-state index in [2.05, 4.69) is 17.2 Å². The van der Waals surface area contributed by atoms with E-state index in [0.717, 1.165) is 86.9 Å². The molecular weight excluding hydrogens is 713 g/mol. The first-order valence-corrected chi connectivity index (χ1v) is 22.5. The highest BCUT2D eigenvalue weighted by atomic mass is 32.1. The SMILES string of the molecule is C/C(=C\c1csc(C)n1)[C@@H]1C[C@@H]2C[C@]2(C)CCCCC(OC(=O)CCCCCCCCCCCCCCCCC(=O)O)[C@@H](C)C(=O)C(C)(C)[C@@H](O)CC(=O)N1. The number of carbonyl (C=O) groups is 4. The third kappa shape index (κ3) is 16.8. The van der Waals surface area contributed by atoms with Crippen LogP contribution in [0.2, 0.25) is 0 Å². The molecule has 1 aliphatic carbocycles. The monoisotopic (exact) mass is 787 g/mol. The summed E-state index contributed by atoms with van der Waals surface area (Å²) >= 11 is 1.60. The highest BCUT2D eigenvalue weighted by molar-refractivity contribution is 7.09. The van der Waals surface area contributed by atoms with Gasteiger partial charge in [0.15, 0.2) is 0 Å². The second-order valence-electron chi connectivity index (χ2n) is 17.8. The van der Waals surface area contributed by atoms with Crippen molar-refractivity contribution in [1.82, 2.24) is 10.3 Å². The maximum atomic E-state index is 14.0. The lowest BCUT2D eigenvalue weighted by atomic mass is 9.74. The summed E-state index contributed by atoms with van der Waals surface area (Å²) in [6.45, 7) is 11.6. The van der Waals surface area contributed by atoms with Gasteiger partial charge in [-0.3, -0.25) is 19.2 Å². The molecule has 55 heavy (non-hydrogen) atoms. The zero-order chi connectivity index (χ0) is 40.4. The van der Waals surface area contributed by atoms with E-state index in [-0.39, 0.29) is 42.0 Å². The van der Waals surface area contributed by atoms with Crippen LogP contribution in [0, 0.1) is 29.6 Å². The highest BCUT2D eigenvalue weighted by Crippen LogP contribution is 2.58. The van der Waals surface area contributed by atoms with Crippen LogP contribution in [0.1, 0.15) is 193 Å². The number of hydrogen-bond donors (Lipinski definition) is 3.